The molecule has 0 radical (unpaired) electrons. The summed E-state index contributed by atoms with van der Waals surface area (Å²) in [4.78, 5) is 12.2. The van der Waals surface area contributed by atoms with Crippen LogP contribution in [0.4, 0.5) is 16.5 Å². The van der Waals surface area contributed by atoms with Crippen molar-refractivity contribution in [1.29, 1.82) is 0 Å². The third-order valence-electron chi connectivity index (χ3n) is 4.24. The molecule has 0 saturated heterocycles. The number of rotatable bonds is 6. The quantitative estimate of drug-likeness (QED) is 0.555. The largest absolute Gasteiger partial charge is 0.330 e. The van der Waals surface area contributed by atoms with Crippen LogP contribution in [0.1, 0.15) is 22.3 Å². The number of thioether (sulfide) groups is 1. The van der Waals surface area contributed by atoms with E-state index in [-0.39, 0.29) is 5.91 Å². The van der Waals surface area contributed by atoms with E-state index in [2.05, 4.69) is 46.8 Å². The Bertz CT molecular complexity index is 968. The monoisotopic (exact) mass is 398 g/mol. The molecule has 3 rings (SSSR count). The smallest absolute Gasteiger partial charge is 0.234 e. The van der Waals surface area contributed by atoms with Gasteiger partial charge < -0.3 is 10.6 Å². The van der Waals surface area contributed by atoms with Gasteiger partial charge in [0.05, 0.1) is 5.75 Å². The zero-order valence-corrected chi connectivity index (χ0v) is 17.4. The minimum atomic E-state index is -0.0498. The second kappa shape index (κ2) is 8.54. The molecule has 1 heterocycles. The molecular formula is C20H22N4OS2. The molecule has 0 aliphatic heterocycles. The summed E-state index contributed by atoms with van der Waals surface area (Å²) in [6.45, 7) is 8.18. The molecule has 0 aliphatic carbocycles. The predicted molar refractivity (Wildman–Crippen MR) is 114 cm³/mol. The van der Waals surface area contributed by atoms with Gasteiger partial charge in [-0.25, -0.2) is 0 Å². The van der Waals surface area contributed by atoms with E-state index in [1.807, 2.05) is 38.1 Å². The molecule has 0 atom stereocenters. The molecule has 3 aromatic rings. The maximum absolute atomic E-state index is 12.2. The standard InChI is InChI=1S/C20H22N4OS2/c1-12-8-9-16(14(3)10-12)21-18(25)11-26-20-24-23-19(27-20)22-17-7-5-6-13(2)15(17)4/h5-10H,11H2,1-4H3,(H,21,25)(H,22,23). The summed E-state index contributed by atoms with van der Waals surface area (Å²) < 4.78 is 0.763. The molecule has 1 aromatic heterocycles. The van der Waals surface area contributed by atoms with Crippen molar-refractivity contribution in [2.24, 2.45) is 0 Å². The first-order chi connectivity index (χ1) is 12.9. The molecule has 140 valence electrons. The number of anilines is 3. The summed E-state index contributed by atoms with van der Waals surface area (Å²) in [6.07, 6.45) is 0. The van der Waals surface area contributed by atoms with Crippen LogP contribution in [0, 0.1) is 27.7 Å². The molecule has 0 bridgehead atoms. The van der Waals surface area contributed by atoms with Crippen molar-refractivity contribution in [3.05, 3.63) is 58.7 Å². The Morgan fingerprint density at radius 1 is 1.04 bits per heavy atom. The fraction of sp³-hybridized carbons (Fsp3) is 0.250. The first kappa shape index (κ1) is 19.4. The molecular weight excluding hydrogens is 376 g/mol. The van der Waals surface area contributed by atoms with E-state index >= 15 is 0 Å². The Morgan fingerprint density at radius 2 is 1.85 bits per heavy atom. The molecule has 2 aromatic carbocycles. The van der Waals surface area contributed by atoms with Gasteiger partial charge in [-0.1, -0.05) is 52.9 Å². The first-order valence-electron chi connectivity index (χ1n) is 8.59. The molecule has 27 heavy (non-hydrogen) atoms. The second-order valence-electron chi connectivity index (χ2n) is 6.40. The number of carbonyl (C=O) groups excluding carboxylic acids is 1. The molecule has 0 saturated carbocycles. The average molecular weight is 399 g/mol. The van der Waals surface area contributed by atoms with Crippen LogP contribution >= 0.6 is 23.1 Å². The van der Waals surface area contributed by atoms with Crippen molar-refractivity contribution in [3.63, 3.8) is 0 Å². The van der Waals surface area contributed by atoms with Crippen LogP contribution in [-0.4, -0.2) is 21.9 Å². The van der Waals surface area contributed by atoms with E-state index in [0.717, 1.165) is 26.4 Å². The molecule has 2 N–H and O–H groups in total. The number of nitrogens with zero attached hydrogens (tertiary/aromatic N) is 2. The van der Waals surface area contributed by atoms with Crippen molar-refractivity contribution in [2.45, 2.75) is 32.0 Å². The van der Waals surface area contributed by atoms with Crippen LogP contribution in [0.25, 0.3) is 0 Å². The van der Waals surface area contributed by atoms with Gasteiger partial charge in [0, 0.05) is 11.4 Å². The third kappa shape index (κ3) is 5.08. The van der Waals surface area contributed by atoms with Gasteiger partial charge in [0.2, 0.25) is 11.0 Å². The number of aryl methyl sites for hydroxylation is 3. The number of amides is 1. The lowest BCUT2D eigenvalue weighted by Crippen LogP contribution is -2.14. The summed E-state index contributed by atoms with van der Waals surface area (Å²) in [5.74, 6) is 0.247. The van der Waals surface area contributed by atoms with E-state index in [1.165, 1.54) is 39.8 Å². The van der Waals surface area contributed by atoms with Gasteiger partial charge in [0.25, 0.3) is 0 Å². The topological polar surface area (TPSA) is 66.9 Å². The molecule has 5 nitrogen and oxygen atoms in total. The maximum atomic E-state index is 12.2. The number of nitrogens with one attached hydrogen (secondary N) is 2. The van der Waals surface area contributed by atoms with Crippen LogP contribution in [-0.2, 0) is 4.79 Å². The van der Waals surface area contributed by atoms with Crippen molar-refractivity contribution < 1.29 is 4.79 Å². The van der Waals surface area contributed by atoms with E-state index in [9.17, 15) is 4.79 Å². The lowest BCUT2D eigenvalue weighted by Gasteiger charge is -2.08. The van der Waals surface area contributed by atoms with E-state index in [1.54, 1.807) is 0 Å². The van der Waals surface area contributed by atoms with E-state index < -0.39 is 0 Å². The number of carbonyl (C=O) groups is 1. The highest BCUT2D eigenvalue weighted by Gasteiger charge is 2.10. The Labute approximate surface area is 167 Å². The number of benzene rings is 2. The van der Waals surface area contributed by atoms with Gasteiger partial charge in [-0.2, -0.15) is 0 Å². The molecule has 0 unspecified atom stereocenters. The molecule has 7 heteroatoms. The van der Waals surface area contributed by atoms with Crippen LogP contribution in [0.3, 0.4) is 0 Å². The fourth-order valence-corrected chi connectivity index (χ4v) is 4.15. The molecule has 0 fully saturated rings. The minimum absolute atomic E-state index is 0.0498. The number of hydrogen-bond acceptors (Lipinski definition) is 6. The number of aromatic nitrogens is 2. The summed E-state index contributed by atoms with van der Waals surface area (Å²) in [5, 5.41) is 15.3. The van der Waals surface area contributed by atoms with Crippen molar-refractivity contribution in [1.82, 2.24) is 10.2 Å². The predicted octanol–water partition coefficient (Wildman–Crippen LogP) is 5.25. The minimum Gasteiger partial charge on any atom is -0.330 e. The normalized spacial score (nSPS) is 10.7. The summed E-state index contributed by atoms with van der Waals surface area (Å²) in [7, 11) is 0. The Balaban J connectivity index is 1.56. The highest BCUT2D eigenvalue weighted by Crippen LogP contribution is 2.29. The Morgan fingerprint density at radius 3 is 2.63 bits per heavy atom. The van der Waals surface area contributed by atoms with Crippen molar-refractivity contribution in [2.75, 3.05) is 16.4 Å². The van der Waals surface area contributed by atoms with E-state index in [0.29, 0.717) is 5.75 Å². The van der Waals surface area contributed by atoms with Crippen LogP contribution in [0.2, 0.25) is 0 Å². The highest BCUT2D eigenvalue weighted by atomic mass is 32.2. The maximum Gasteiger partial charge on any atom is 0.234 e. The fourth-order valence-electron chi connectivity index (χ4n) is 2.59. The lowest BCUT2D eigenvalue weighted by molar-refractivity contribution is -0.113. The van der Waals surface area contributed by atoms with E-state index in [4.69, 9.17) is 0 Å². The molecule has 0 spiro atoms. The van der Waals surface area contributed by atoms with Crippen LogP contribution in [0.5, 0.6) is 0 Å². The summed E-state index contributed by atoms with van der Waals surface area (Å²) >= 11 is 2.83. The van der Waals surface area contributed by atoms with Crippen molar-refractivity contribution in [3.8, 4) is 0 Å². The molecule has 0 aliphatic rings. The van der Waals surface area contributed by atoms with Gasteiger partial charge in [-0.15, -0.1) is 10.2 Å². The first-order valence-corrected chi connectivity index (χ1v) is 10.4. The summed E-state index contributed by atoms with van der Waals surface area (Å²) in [6, 6.07) is 12.1. The Kier molecular flexibility index (Phi) is 6.13. The van der Waals surface area contributed by atoms with Gasteiger partial charge in [-0.3, -0.25) is 4.79 Å². The average Bonchev–Trinajstić information content (AvgIpc) is 3.07. The van der Waals surface area contributed by atoms with Gasteiger partial charge in [0.15, 0.2) is 4.34 Å². The molecule has 1 amide bonds. The van der Waals surface area contributed by atoms with Gasteiger partial charge in [0.1, 0.15) is 0 Å². The second-order valence-corrected chi connectivity index (χ2v) is 8.60. The lowest BCUT2D eigenvalue weighted by atomic mass is 10.1. The SMILES string of the molecule is Cc1ccc(NC(=O)CSc2nnc(Nc3cccc(C)c3C)s2)c(C)c1. The zero-order valence-electron chi connectivity index (χ0n) is 15.8. The van der Waals surface area contributed by atoms with Gasteiger partial charge in [-0.05, 0) is 56.5 Å². The highest BCUT2D eigenvalue weighted by molar-refractivity contribution is 8.01. The Hall–Kier alpha value is -2.38. The van der Waals surface area contributed by atoms with Crippen LogP contribution in [0.15, 0.2) is 40.7 Å². The number of hydrogen-bond donors (Lipinski definition) is 2. The zero-order chi connectivity index (χ0) is 19.4. The van der Waals surface area contributed by atoms with Crippen molar-refractivity contribution >= 4 is 45.5 Å². The van der Waals surface area contributed by atoms with Gasteiger partial charge >= 0.3 is 0 Å². The summed E-state index contributed by atoms with van der Waals surface area (Å²) in [5.41, 5.74) is 6.52. The van der Waals surface area contributed by atoms with Crippen LogP contribution < -0.4 is 10.6 Å². The third-order valence-corrected chi connectivity index (χ3v) is 6.21.